The van der Waals surface area contributed by atoms with Gasteiger partial charge in [0.15, 0.2) is 0 Å². The van der Waals surface area contributed by atoms with E-state index in [4.69, 9.17) is 11.6 Å². The minimum absolute atomic E-state index is 0.0309. The van der Waals surface area contributed by atoms with Crippen LogP contribution in [0.2, 0.25) is 5.15 Å². The minimum atomic E-state index is -4.61. The van der Waals surface area contributed by atoms with Gasteiger partial charge in [-0.1, -0.05) is 11.6 Å². The molecule has 4 nitrogen and oxygen atoms in total. The highest BCUT2D eigenvalue weighted by Crippen LogP contribution is 2.33. The molecule has 0 saturated heterocycles. The number of anilines is 1. The van der Waals surface area contributed by atoms with Gasteiger partial charge in [0, 0.05) is 14.1 Å². The number of nitrogens with one attached hydrogen (secondary N) is 2. The quantitative estimate of drug-likeness (QED) is 0.808. The number of hydrogen-bond acceptors (Lipinski definition) is 3. The van der Waals surface area contributed by atoms with Crippen molar-refractivity contribution in [2.75, 3.05) is 19.4 Å². The number of carbonyl (C=O) groups excluding carboxylic acids is 1. The van der Waals surface area contributed by atoms with Crippen LogP contribution in [0.1, 0.15) is 16.1 Å². The summed E-state index contributed by atoms with van der Waals surface area (Å²) in [6.45, 7) is 0. The normalized spacial score (nSPS) is 11.2. The zero-order chi connectivity index (χ0) is 13.2. The minimum Gasteiger partial charge on any atom is -0.387 e. The molecule has 8 heteroatoms. The Morgan fingerprint density at radius 2 is 2.00 bits per heavy atom. The maximum absolute atomic E-state index is 12.4. The number of hydrogen-bond donors (Lipinski definition) is 2. The summed E-state index contributed by atoms with van der Waals surface area (Å²) in [5, 5.41) is 4.25. The van der Waals surface area contributed by atoms with Gasteiger partial charge in [0.1, 0.15) is 10.8 Å². The lowest BCUT2D eigenvalue weighted by atomic mass is 10.2. The average molecular weight is 268 g/mol. The van der Waals surface area contributed by atoms with Crippen molar-refractivity contribution in [2.24, 2.45) is 0 Å². The first-order valence-corrected chi connectivity index (χ1v) is 4.86. The van der Waals surface area contributed by atoms with E-state index in [2.05, 4.69) is 15.6 Å². The predicted molar refractivity (Wildman–Crippen MR) is 57.2 cm³/mol. The molecule has 0 aliphatic heterocycles. The molecule has 1 amide bonds. The van der Waals surface area contributed by atoms with E-state index in [0.717, 1.165) is 6.07 Å². The summed E-state index contributed by atoms with van der Waals surface area (Å²) in [4.78, 5) is 14.6. The summed E-state index contributed by atoms with van der Waals surface area (Å²) in [6, 6.07) is 0.733. The Balaban J connectivity index is 3.41. The monoisotopic (exact) mass is 267 g/mol. The molecule has 0 unspecified atom stereocenters. The van der Waals surface area contributed by atoms with Gasteiger partial charge in [0.25, 0.3) is 5.91 Å². The molecule has 2 N–H and O–H groups in total. The van der Waals surface area contributed by atoms with Crippen LogP contribution in [0.5, 0.6) is 0 Å². The van der Waals surface area contributed by atoms with Crippen LogP contribution >= 0.6 is 11.6 Å². The van der Waals surface area contributed by atoms with Gasteiger partial charge in [-0.25, -0.2) is 4.98 Å². The highest BCUT2D eigenvalue weighted by molar-refractivity contribution is 6.33. The molecule has 1 aromatic rings. The predicted octanol–water partition coefficient (Wildman–Crippen LogP) is 2.16. The van der Waals surface area contributed by atoms with Gasteiger partial charge >= 0.3 is 6.18 Å². The summed E-state index contributed by atoms with van der Waals surface area (Å²) < 4.78 is 37.3. The fourth-order valence-corrected chi connectivity index (χ4v) is 1.48. The van der Waals surface area contributed by atoms with E-state index in [-0.39, 0.29) is 11.3 Å². The van der Waals surface area contributed by atoms with E-state index in [1.807, 2.05) is 0 Å². The highest BCUT2D eigenvalue weighted by atomic mass is 35.5. The molecule has 94 valence electrons. The Kier molecular flexibility index (Phi) is 3.82. The van der Waals surface area contributed by atoms with Crippen molar-refractivity contribution >= 4 is 23.2 Å². The van der Waals surface area contributed by atoms with E-state index in [1.54, 1.807) is 0 Å². The third kappa shape index (κ3) is 2.79. The second kappa shape index (κ2) is 4.79. The molecule has 1 rings (SSSR count). The third-order valence-corrected chi connectivity index (χ3v) is 2.26. The van der Waals surface area contributed by atoms with Crippen molar-refractivity contribution in [1.82, 2.24) is 10.3 Å². The molecule has 0 saturated carbocycles. The van der Waals surface area contributed by atoms with Crippen molar-refractivity contribution < 1.29 is 18.0 Å². The Hall–Kier alpha value is -1.50. The molecule has 17 heavy (non-hydrogen) atoms. The van der Waals surface area contributed by atoms with E-state index < -0.39 is 22.9 Å². The molecule has 0 aliphatic carbocycles. The Labute approximate surface area is 100 Å². The first kappa shape index (κ1) is 13.6. The number of aromatic nitrogens is 1. The van der Waals surface area contributed by atoms with Crippen molar-refractivity contribution in [2.45, 2.75) is 6.18 Å². The van der Waals surface area contributed by atoms with Crippen LogP contribution in [-0.2, 0) is 6.18 Å². The maximum atomic E-state index is 12.4. The largest absolute Gasteiger partial charge is 0.433 e. The first-order valence-electron chi connectivity index (χ1n) is 4.48. The molecule has 1 aromatic heterocycles. The average Bonchev–Trinajstić information content (AvgIpc) is 2.25. The van der Waals surface area contributed by atoms with Gasteiger partial charge in [-0.3, -0.25) is 4.79 Å². The molecule has 0 bridgehead atoms. The van der Waals surface area contributed by atoms with Crippen LogP contribution in [0.25, 0.3) is 0 Å². The number of pyridine rings is 1. The van der Waals surface area contributed by atoms with E-state index in [0.29, 0.717) is 0 Å². The number of rotatable bonds is 2. The second-order valence-corrected chi connectivity index (χ2v) is 3.41. The lowest BCUT2D eigenvalue weighted by Gasteiger charge is -2.13. The summed E-state index contributed by atoms with van der Waals surface area (Å²) in [5.74, 6) is -0.611. The number of carbonyl (C=O) groups is 1. The SMILES string of the molecule is CNC(=O)c1c(NC)cc(C(F)(F)F)nc1Cl. The van der Waals surface area contributed by atoms with Crippen LogP contribution in [0.3, 0.4) is 0 Å². The Morgan fingerprint density at radius 1 is 1.41 bits per heavy atom. The van der Waals surface area contributed by atoms with Crippen LogP contribution in [-0.4, -0.2) is 25.0 Å². The summed E-state index contributed by atoms with van der Waals surface area (Å²) in [6.07, 6.45) is -4.61. The molecule has 0 spiro atoms. The lowest BCUT2D eigenvalue weighted by molar-refractivity contribution is -0.141. The summed E-state index contributed by atoms with van der Waals surface area (Å²) >= 11 is 5.58. The summed E-state index contributed by atoms with van der Waals surface area (Å²) in [5.41, 5.74) is -1.30. The van der Waals surface area contributed by atoms with Gasteiger partial charge in [0.2, 0.25) is 0 Å². The Bertz CT molecular complexity index is 448. The van der Waals surface area contributed by atoms with Gasteiger partial charge in [0.05, 0.1) is 11.3 Å². The van der Waals surface area contributed by atoms with Gasteiger partial charge in [-0.05, 0) is 6.07 Å². The van der Waals surface area contributed by atoms with Crippen molar-refractivity contribution in [3.8, 4) is 0 Å². The Morgan fingerprint density at radius 3 is 2.41 bits per heavy atom. The van der Waals surface area contributed by atoms with Crippen molar-refractivity contribution in [3.05, 3.63) is 22.5 Å². The van der Waals surface area contributed by atoms with Crippen LogP contribution in [0, 0.1) is 0 Å². The fraction of sp³-hybridized carbons (Fsp3) is 0.333. The smallest absolute Gasteiger partial charge is 0.387 e. The van der Waals surface area contributed by atoms with Crippen LogP contribution in [0.15, 0.2) is 6.07 Å². The molecule has 0 aliphatic rings. The molecular weight excluding hydrogens is 259 g/mol. The van der Waals surface area contributed by atoms with Crippen molar-refractivity contribution in [3.63, 3.8) is 0 Å². The number of amides is 1. The van der Waals surface area contributed by atoms with E-state index in [9.17, 15) is 18.0 Å². The number of alkyl halides is 3. The van der Waals surface area contributed by atoms with Gasteiger partial charge < -0.3 is 10.6 Å². The number of halogens is 4. The number of nitrogens with zero attached hydrogens (tertiary/aromatic N) is 1. The highest BCUT2D eigenvalue weighted by Gasteiger charge is 2.34. The van der Waals surface area contributed by atoms with E-state index >= 15 is 0 Å². The van der Waals surface area contributed by atoms with E-state index in [1.165, 1.54) is 14.1 Å². The molecular formula is C9H9ClF3N3O. The zero-order valence-electron chi connectivity index (χ0n) is 8.94. The molecule has 0 radical (unpaired) electrons. The first-order chi connectivity index (χ1) is 7.81. The molecule has 0 aromatic carbocycles. The van der Waals surface area contributed by atoms with Crippen LogP contribution in [0.4, 0.5) is 18.9 Å². The molecule has 0 atom stereocenters. The molecule has 1 heterocycles. The molecule has 0 fully saturated rings. The zero-order valence-corrected chi connectivity index (χ0v) is 9.70. The topological polar surface area (TPSA) is 54.0 Å². The fourth-order valence-electron chi connectivity index (χ4n) is 1.20. The van der Waals surface area contributed by atoms with Crippen molar-refractivity contribution in [1.29, 1.82) is 0 Å². The third-order valence-electron chi connectivity index (χ3n) is 1.99. The van der Waals surface area contributed by atoms with Gasteiger partial charge in [-0.15, -0.1) is 0 Å². The van der Waals surface area contributed by atoms with Gasteiger partial charge in [-0.2, -0.15) is 13.2 Å². The second-order valence-electron chi connectivity index (χ2n) is 3.05. The maximum Gasteiger partial charge on any atom is 0.433 e. The standard InChI is InChI=1S/C9H9ClF3N3O/c1-14-4-3-5(9(11,12)13)16-7(10)6(4)8(17)15-2/h3H,1-2H3,(H,14,16)(H,15,17). The van der Waals surface area contributed by atoms with Crippen LogP contribution < -0.4 is 10.6 Å². The summed E-state index contributed by atoms with van der Waals surface area (Å²) in [7, 11) is 2.73. The lowest BCUT2D eigenvalue weighted by Crippen LogP contribution is -2.21.